The number of hydroxylamine groups is 1. The number of anilines is 1. The van der Waals surface area contributed by atoms with Gasteiger partial charge in [-0.1, -0.05) is 0 Å². The quantitative estimate of drug-likeness (QED) is 0.286. The number of nitrogens with one attached hydrogen (secondary N) is 1. The average molecular weight is 466 g/mol. The van der Waals surface area contributed by atoms with E-state index in [4.69, 9.17) is 4.63 Å². The summed E-state index contributed by atoms with van der Waals surface area (Å²) in [6, 6.07) is 4.23. The van der Waals surface area contributed by atoms with Crippen LogP contribution in [0.15, 0.2) is 32.3 Å². The average Bonchev–Trinajstić information content (AvgIpc) is 3.19. The Labute approximate surface area is 170 Å². The molecule has 1 aromatic carbocycles. The highest BCUT2D eigenvalue weighted by Gasteiger charge is 2.19. The van der Waals surface area contributed by atoms with Crippen molar-refractivity contribution in [3.8, 4) is 0 Å². The summed E-state index contributed by atoms with van der Waals surface area (Å²) in [5.74, 6) is 0.992. The number of hydrogen-bond acceptors (Lipinski definition) is 9. The molecule has 0 saturated heterocycles. The van der Waals surface area contributed by atoms with Gasteiger partial charge in [0.05, 0.1) is 10.2 Å². The first-order valence-electron chi connectivity index (χ1n) is 7.69. The first-order valence-corrected chi connectivity index (χ1v) is 9.87. The number of benzene rings is 1. The lowest BCUT2D eigenvalue weighted by Crippen LogP contribution is -2.27. The van der Waals surface area contributed by atoms with E-state index in [2.05, 4.69) is 42.7 Å². The summed E-state index contributed by atoms with van der Waals surface area (Å²) in [5, 5.41) is 17.0. The second-order valence-corrected chi connectivity index (χ2v) is 6.36. The second-order valence-electron chi connectivity index (χ2n) is 4.52. The molecule has 27 heavy (non-hydrogen) atoms. The summed E-state index contributed by atoms with van der Waals surface area (Å²) in [4.78, 5) is 6.05. The van der Waals surface area contributed by atoms with E-state index < -0.39 is 5.82 Å². The molecule has 0 spiro atoms. The van der Waals surface area contributed by atoms with Crippen LogP contribution < -0.4 is 21.8 Å². The fourth-order valence-electron chi connectivity index (χ4n) is 1.73. The van der Waals surface area contributed by atoms with E-state index in [1.807, 2.05) is 23.7 Å². The highest BCUT2D eigenvalue weighted by Crippen LogP contribution is 2.23. The van der Waals surface area contributed by atoms with E-state index in [-0.39, 0.29) is 16.0 Å². The summed E-state index contributed by atoms with van der Waals surface area (Å²) in [5.41, 5.74) is 11.7. The highest BCUT2D eigenvalue weighted by atomic mass is 79.9. The number of thioether (sulfide) groups is 1. The predicted molar refractivity (Wildman–Crippen MR) is 111 cm³/mol. The topological polar surface area (TPSA) is 139 Å². The van der Waals surface area contributed by atoms with Crippen molar-refractivity contribution in [3.05, 3.63) is 34.2 Å². The maximum Gasteiger partial charge on any atom is 0.204 e. The number of aliphatic imine (C=N–C) groups is 1. The monoisotopic (exact) mass is 465 g/mol. The molecule has 0 radical (unpaired) electrons. The SMILES string of the molecule is CN.CN.CSCCN(C)c1nonc1C(=Nc1ccc(F)c(Br)c1)NO. The van der Waals surface area contributed by atoms with E-state index in [9.17, 15) is 9.60 Å². The molecule has 1 heterocycles. The van der Waals surface area contributed by atoms with Crippen LogP contribution in [0.25, 0.3) is 0 Å². The van der Waals surface area contributed by atoms with Crippen LogP contribution in [0.2, 0.25) is 0 Å². The van der Waals surface area contributed by atoms with Crippen LogP contribution in [-0.4, -0.2) is 61.1 Å². The molecule has 12 heteroatoms. The molecule has 9 nitrogen and oxygen atoms in total. The molecule has 0 aliphatic heterocycles. The first kappa shape index (κ1) is 25.3. The van der Waals surface area contributed by atoms with Crippen LogP contribution in [0.4, 0.5) is 15.9 Å². The summed E-state index contributed by atoms with van der Waals surface area (Å²) < 4.78 is 18.3. The van der Waals surface area contributed by atoms with Gasteiger partial charge in [-0.05, 0) is 64.8 Å². The summed E-state index contributed by atoms with van der Waals surface area (Å²) in [6.07, 6.45) is 2.00. The number of aromatic nitrogens is 2. The van der Waals surface area contributed by atoms with E-state index in [1.54, 1.807) is 11.8 Å². The van der Waals surface area contributed by atoms with Crippen molar-refractivity contribution in [3.63, 3.8) is 0 Å². The Balaban J connectivity index is 0.00000158. The Morgan fingerprint density at radius 3 is 2.59 bits per heavy atom. The molecule has 0 atom stereocenters. The molecule has 0 amide bonds. The minimum atomic E-state index is -0.400. The molecule has 0 aliphatic rings. The zero-order valence-corrected chi connectivity index (χ0v) is 18.0. The third-order valence-corrected chi connectivity index (χ3v) is 4.14. The van der Waals surface area contributed by atoms with Gasteiger partial charge in [0.1, 0.15) is 5.82 Å². The molecule has 0 bridgehead atoms. The Kier molecular flexibility index (Phi) is 13.4. The highest BCUT2D eigenvalue weighted by molar-refractivity contribution is 9.10. The van der Waals surface area contributed by atoms with Gasteiger partial charge in [-0.3, -0.25) is 10.7 Å². The number of amidine groups is 1. The molecule has 0 fully saturated rings. The molecule has 152 valence electrons. The second kappa shape index (κ2) is 14.3. The minimum Gasteiger partial charge on any atom is -0.354 e. The van der Waals surface area contributed by atoms with Gasteiger partial charge in [0, 0.05) is 19.3 Å². The Bertz CT molecular complexity index is 703. The lowest BCUT2D eigenvalue weighted by Gasteiger charge is -2.15. The number of rotatable bonds is 6. The smallest absolute Gasteiger partial charge is 0.204 e. The Morgan fingerprint density at radius 1 is 1.37 bits per heavy atom. The fourth-order valence-corrected chi connectivity index (χ4v) is 2.56. The van der Waals surface area contributed by atoms with E-state index >= 15 is 0 Å². The van der Waals surface area contributed by atoms with Crippen molar-refractivity contribution in [1.82, 2.24) is 15.8 Å². The third-order valence-electron chi connectivity index (χ3n) is 2.94. The number of hydrogen-bond donors (Lipinski definition) is 4. The standard InChI is InChI=1S/C13H15BrFN5O2S.2CH5N/c1-20(5-6-23-2)13-11(18-22-19-13)12(17-21)16-8-3-4-10(15)9(14)7-8;2*1-2/h3-4,7,21H,5-6H2,1-2H3,(H,16,17);2*2H2,1H3. The van der Waals surface area contributed by atoms with Crippen LogP contribution in [-0.2, 0) is 0 Å². The van der Waals surface area contributed by atoms with Gasteiger partial charge in [-0.25, -0.2) is 14.0 Å². The lowest BCUT2D eigenvalue weighted by atomic mass is 10.3. The first-order chi connectivity index (χ1) is 13.1. The fraction of sp³-hybridized carbons (Fsp3) is 0.400. The van der Waals surface area contributed by atoms with Crippen molar-refractivity contribution < 1.29 is 14.2 Å². The van der Waals surface area contributed by atoms with Crippen LogP contribution in [0, 0.1) is 5.82 Å². The van der Waals surface area contributed by atoms with Gasteiger partial charge in [0.15, 0.2) is 11.5 Å². The zero-order valence-electron chi connectivity index (χ0n) is 15.6. The van der Waals surface area contributed by atoms with Crippen LogP contribution >= 0.6 is 27.7 Å². The minimum absolute atomic E-state index is 0.0516. The van der Waals surface area contributed by atoms with Crippen LogP contribution in [0.3, 0.4) is 0 Å². The number of nitrogens with zero attached hydrogens (tertiary/aromatic N) is 4. The molecule has 2 aromatic rings. The molecule has 1 aromatic heterocycles. The Hall–Kier alpha value is -1.73. The van der Waals surface area contributed by atoms with Gasteiger partial charge in [0.2, 0.25) is 5.82 Å². The van der Waals surface area contributed by atoms with Crippen LogP contribution in [0.5, 0.6) is 0 Å². The number of halogens is 2. The van der Waals surface area contributed by atoms with Crippen molar-refractivity contribution in [2.45, 2.75) is 0 Å². The van der Waals surface area contributed by atoms with E-state index in [0.29, 0.717) is 11.5 Å². The summed E-state index contributed by atoms with van der Waals surface area (Å²) in [7, 11) is 4.84. The van der Waals surface area contributed by atoms with Crippen LogP contribution in [0.1, 0.15) is 5.69 Å². The summed E-state index contributed by atoms with van der Waals surface area (Å²) in [6.45, 7) is 0.725. The van der Waals surface area contributed by atoms with Gasteiger partial charge < -0.3 is 16.4 Å². The van der Waals surface area contributed by atoms with Gasteiger partial charge in [-0.2, -0.15) is 11.8 Å². The molecule has 0 aliphatic carbocycles. The maximum atomic E-state index is 13.3. The molecule has 0 unspecified atom stereocenters. The van der Waals surface area contributed by atoms with E-state index in [1.165, 1.54) is 32.3 Å². The zero-order chi connectivity index (χ0) is 20.8. The Morgan fingerprint density at radius 2 is 2.04 bits per heavy atom. The number of nitrogens with two attached hydrogens (primary N) is 2. The van der Waals surface area contributed by atoms with Gasteiger partial charge in [-0.15, -0.1) is 0 Å². The molecule has 6 N–H and O–H groups in total. The van der Waals surface area contributed by atoms with Crippen molar-refractivity contribution in [2.24, 2.45) is 16.5 Å². The van der Waals surface area contributed by atoms with Crippen molar-refractivity contribution in [1.29, 1.82) is 0 Å². The van der Waals surface area contributed by atoms with Gasteiger partial charge in [0.25, 0.3) is 0 Å². The maximum absolute atomic E-state index is 13.3. The summed E-state index contributed by atoms with van der Waals surface area (Å²) >= 11 is 4.78. The normalized spacial score (nSPS) is 10.3. The van der Waals surface area contributed by atoms with Gasteiger partial charge >= 0.3 is 0 Å². The molecular formula is C15H25BrFN7O2S. The lowest BCUT2D eigenvalue weighted by molar-refractivity contribution is 0.234. The third kappa shape index (κ3) is 7.81. The van der Waals surface area contributed by atoms with Crippen molar-refractivity contribution >= 4 is 45.0 Å². The largest absolute Gasteiger partial charge is 0.354 e. The predicted octanol–water partition coefficient (Wildman–Crippen LogP) is 1.98. The molecule has 2 rings (SSSR count). The molecule has 0 saturated carbocycles. The molecular weight excluding hydrogens is 441 g/mol. The van der Waals surface area contributed by atoms with E-state index in [0.717, 1.165) is 12.3 Å². The van der Waals surface area contributed by atoms with Crippen molar-refractivity contribution in [2.75, 3.05) is 44.6 Å².